The number of ether oxygens (including phenoxy) is 2. The van der Waals surface area contributed by atoms with Crippen LogP contribution in [0.1, 0.15) is 26.7 Å². The lowest BCUT2D eigenvalue weighted by Crippen LogP contribution is -2.42. The Kier molecular flexibility index (Phi) is 8.61. The van der Waals surface area contributed by atoms with E-state index in [0.717, 1.165) is 58.9 Å². The minimum Gasteiger partial charge on any atom is -0.382 e. The SMILES string of the molecule is CCOCCCNCC(C)N1CCCOCC1. The van der Waals surface area contributed by atoms with Crippen LogP contribution >= 0.6 is 0 Å². The fraction of sp³-hybridized carbons (Fsp3) is 1.00. The second-order valence-corrected chi connectivity index (χ2v) is 4.61. The third-order valence-corrected chi connectivity index (χ3v) is 3.17. The highest BCUT2D eigenvalue weighted by atomic mass is 16.5. The van der Waals surface area contributed by atoms with E-state index in [9.17, 15) is 0 Å². The van der Waals surface area contributed by atoms with Crippen LogP contribution in [0, 0.1) is 0 Å². The van der Waals surface area contributed by atoms with Crippen molar-refractivity contribution >= 4 is 0 Å². The van der Waals surface area contributed by atoms with E-state index in [-0.39, 0.29) is 0 Å². The van der Waals surface area contributed by atoms with Crippen LogP contribution in [0.5, 0.6) is 0 Å². The van der Waals surface area contributed by atoms with Crippen LogP contribution in [0.4, 0.5) is 0 Å². The van der Waals surface area contributed by atoms with Crippen LogP contribution in [0.3, 0.4) is 0 Å². The Morgan fingerprint density at radius 3 is 3.06 bits per heavy atom. The highest BCUT2D eigenvalue weighted by Gasteiger charge is 2.14. The molecule has 1 unspecified atom stereocenters. The molecule has 0 aromatic carbocycles. The minimum absolute atomic E-state index is 0.601. The summed E-state index contributed by atoms with van der Waals surface area (Å²) in [6.45, 7) is 12.2. The van der Waals surface area contributed by atoms with E-state index in [1.165, 1.54) is 6.54 Å². The molecule has 102 valence electrons. The lowest BCUT2D eigenvalue weighted by molar-refractivity contribution is 0.132. The van der Waals surface area contributed by atoms with Crippen LogP contribution in [-0.4, -0.2) is 63.5 Å². The highest BCUT2D eigenvalue weighted by molar-refractivity contribution is 4.71. The standard InChI is InChI=1S/C13H28N2O2/c1-3-16-9-4-6-14-12-13(2)15-7-5-10-17-11-8-15/h13-14H,3-12H2,1-2H3. The van der Waals surface area contributed by atoms with Crippen LogP contribution in [0.15, 0.2) is 0 Å². The van der Waals surface area contributed by atoms with E-state index in [1.54, 1.807) is 0 Å². The maximum absolute atomic E-state index is 5.47. The Morgan fingerprint density at radius 2 is 2.24 bits per heavy atom. The molecule has 1 aliphatic rings. The molecule has 0 radical (unpaired) electrons. The van der Waals surface area contributed by atoms with Crippen molar-refractivity contribution in [3.63, 3.8) is 0 Å². The first-order chi connectivity index (χ1) is 8.34. The van der Waals surface area contributed by atoms with Gasteiger partial charge in [-0.2, -0.15) is 0 Å². The van der Waals surface area contributed by atoms with Gasteiger partial charge in [-0.15, -0.1) is 0 Å². The zero-order valence-corrected chi connectivity index (χ0v) is 11.4. The molecule has 1 N–H and O–H groups in total. The summed E-state index contributed by atoms with van der Waals surface area (Å²) in [6, 6.07) is 0.601. The molecule has 1 saturated heterocycles. The summed E-state index contributed by atoms with van der Waals surface area (Å²) >= 11 is 0. The minimum atomic E-state index is 0.601. The Hall–Kier alpha value is -0.160. The van der Waals surface area contributed by atoms with Gasteiger partial charge in [0.15, 0.2) is 0 Å². The number of hydrogen-bond donors (Lipinski definition) is 1. The van der Waals surface area contributed by atoms with Crippen molar-refractivity contribution in [2.24, 2.45) is 0 Å². The normalized spacial score (nSPS) is 20.1. The van der Waals surface area contributed by atoms with E-state index < -0.39 is 0 Å². The van der Waals surface area contributed by atoms with Gasteiger partial charge in [0, 0.05) is 45.5 Å². The molecule has 1 atom stereocenters. The van der Waals surface area contributed by atoms with Gasteiger partial charge in [-0.3, -0.25) is 4.90 Å². The van der Waals surface area contributed by atoms with E-state index in [1.807, 2.05) is 6.92 Å². The van der Waals surface area contributed by atoms with E-state index in [0.29, 0.717) is 6.04 Å². The van der Waals surface area contributed by atoms with Crippen molar-refractivity contribution < 1.29 is 9.47 Å². The zero-order valence-electron chi connectivity index (χ0n) is 11.4. The molecule has 0 aromatic rings. The van der Waals surface area contributed by atoms with Gasteiger partial charge in [0.1, 0.15) is 0 Å². The molecule has 0 aromatic heterocycles. The summed E-state index contributed by atoms with van der Waals surface area (Å²) < 4.78 is 10.8. The van der Waals surface area contributed by atoms with Gasteiger partial charge < -0.3 is 14.8 Å². The van der Waals surface area contributed by atoms with Crippen LogP contribution in [-0.2, 0) is 9.47 Å². The monoisotopic (exact) mass is 244 g/mol. The summed E-state index contributed by atoms with van der Waals surface area (Å²) in [7, 11) is 0. The lowest BCUT2D eigenvalue weighted by atomic mass is 10.2. The van der Waals surface area contributed by atoms with Crippen LogP contribution < -0.4 is 5.32 Å². The second kappa shape index (κ2) is 9.83. The zero-order chi connectivity index (χ0) is 12.3. The molecule has 1 rings (SSSR count). The summed E-state index contributed by atoms with van der Waals surface area (Å²) in [5.41, 5.74) is 0. The van der Waals surface area contributed by atoms with Crippen molar-refractivity contribution in [1.82, 2.24) is 10.2 Å². The molecule has 0 spiro atoms. The van der Waals surface area contributed by atoms with Crippen LogP contribution in [0.25, 0.3) is 0 Å². The first kappa shape index (κ1) is 14.9. The van der Waals surface area contributed by atoms with Gasteiger partial charge in [0.25, 0.3) is 0 Å². The van der Waals surface area contributed by atoms with Crippen LogP contribution in [0.2, 0.25) is 0 Å². The molecule has 1 fully saturated rings. The van der Waals surface area contributed by atoms with E-state index in [2.05, 4.69) is 17.1 Å². The highest BCUT2D eigenvalue weighted by Crippen LogP contribution is 2.03. The topological polar surface area (TPSA) is 33.7 Å². The van der Waals surface area contributed by atoms with E-state index >= 15 is 0 Å². The smallest absolute Gasteiger partial charge is 0.0593 e. The second-order valence-electron chi connectivity index (χ2n) is 4.61. The predicted molar refractivity (Wildman–Crippen MR) is 70.5 cm³/mol. The molecular formula is C13H28N2O2. The number of hydrogen-bond acceptors (Lipinski definition) is 4. The predicted octanol–water partition coefficient (Wildman–Crippen LogP) is 1.11. The third kappa shape index (κ3) is 6.99. The van der Waals surface area contributed by atoms with Gasteiger partial charge in [-0.05, 0) is 33.2 Å². The molecule has 0 amide bonds. The molecule has 1 aliphatic heterocycles. The Labute approximate surface area is 106 Å². The van der Waals surface area contributed by atoms with Crippen molar-refractivity contribution in [2.45, 2.75) is 32.7 Å². The molecule has 0 saturated carbocycles. The average Bonchev–Trinajstić information content (AvgIpc) is 2.62. The maximum Gasteiger partial charge on any atom is 0.0593 e. The number of nitrogens with one attached hydrogen (secondary N) is 1. The first-order valence-corrected chi connectivity index (χ1v) is 6.95. The van der Waals surface area contributed by atoms with Gasteiger partial charge in [0.05, 0.1) is 6.61 Å². The van der Waals surface area contributed by atoms with Crippen molar-refractivity contribution in [2.75, 3.05) is 52.6 Å². The van der Waals surface area contributed by atoms with Gasteiger partial charge in [-0.25, -0.2) is 0 Å². The van der Waals surface area contributed by atoms with Gasteiger partial charge in [-0.1, -0.05) is 0 Å². The largest absolute Gasteiger partial charge is 0.382 e. The quantitative estimate of drug-likeness (QED) is 0.649. The fourth-order valence-corrected chi connectivity index (χ4v) is 2.09. The number of nitrogens with zero attached hydrogens (tertiary/aromatic N) is 1. The van der Waals surface area contributed by atoms with Gasteiger partial charge >= 0.3 is 0 Å². The molecule has 4 nitrogen and oxygen atoms in total. The number of rotatable bonds is 8. The Balaban J connectivity index is 2.01. The maximum atomic E-state index is 5.47. The Morgan fingerprint density at radius 1 is 1.35 bits per heavy atom. The molecule has 1 heterocycles. The lowest BCUT2D eigenvalue weighted by Gasteiger charge is -2.27. The molecule has 4 heteroatoms. The van der Waals surface area contributed by atoms with E-state index in [4.69, 9.17) is 9.47 Å². The van der Waals surface area contributed by atoms with Crippen molar-refractivity contribution in [3.05, 3.63) is 0 Å². The summed E-state index contributed by atoms with van der Waals surface area (Å²) in [4.78, 5) is 2.52. The summed E-state index contributed by atoms with van der Waals surface area (Å²) in [5, 5.41) is 3.50. The summed E-state index contributed by atoms with van der Waals surface area (Å²) in [6.07, 6.45) is 2.26. The first-order valence-electron chi connectivity index (χ1n) is 6.95. The molecule has 0 bridgehead atoms. The molecular weight excluding hydrogens is 216 g/mol. The van der Waals surface area contributed by atoms with Crippen molar-refractivity contribution in [3.8, 4) is 0 Å². The van der Waals surface area contributed by atoms with Crippen molar-refractivity contribution in [1.29, 1.82) is 0 Å². The Bertz CT molecular complexity index is 171. The van der Waals surface area contributed by atoms with Gasteiger partial charge in [0.2, 0.25) is 0 Å². The fourth-order valence-electron chi connectivity index (χ4n) is 2.09. The average molecular weight is 244 g/mol. The summed E-state index contributed by atoms with van der Waals surface area (Å²) in [5.74, 6) is 0. The molecule has 0 aliphatic carbocycles. The molecule has 17 heavy (non-hydrogen) atoms. The third-order valence-electron chi connectivity index (χ3n) is 3.17.